The molecule has 1 saturated heterocycles. The van der Waals surface area contributed by atoms with E-state index in [-0.39, 0.29) is 18.0 Å². The average molecular weight is 422 g/mol. The van der Waals surface area contributed by atoms with Crippen LogP contribution in [0.1, 0.15) is 12.8 Å². The van der Waals surface area contributed by atoms with E-state index in [4.69, 9.17) is 21.1 Å². The number of nitrogens with one attached hydrogen (secondary N) is 2. The highest BCUT2D eigenvalue weighted by Crippen LogP contribution is 2.27. The number of rotatable bonds is 8. The Morgan fingerprint density at radius 3 is 2.83 bits per heavy atom. The molecule has 2 N–H and O–H groups in total. The van der Waals surface area contributed by atoms with Crippen LogP contribution in [0.15, 0.2) is 42.5 Å². The number of nitrogens with zero attached hydrogens (tertiary/aromatic N) is 1. The van der Waals surface area contributed by atoms with E-state index < -0.39 is 0 Å². The van der Waals surface area contributed by atoms with Gasteiger partial charge in [-0.05, 0) is 61.9 Å². The van der Waals surface area contributed by atoms with Gasteiger partial charge in [0.05, 0.1) is 12.8 Å². The lowest BCUT2D eigenvalue weighted by molar-refractivity contribution is 0.199. The van der Waals surface area contributed by atoms with Crippen molar-refractivity contribution in [3.05, 3.63) is 53.3 Å². The normalized spacial score (nSPS) is 16.4. The summed E-state index contributed by atoms with van der Waals surface area (Å²) in [6, 6.07) is 10.8. The van der Waals surface area contributed by atoms with E-state index in [1.807, 2.05) is 0 Å². The number of hydrogen-bond acceptors (Lipinski definition) is 4. The van der Waals surface area contributed by atoms with Crippen molar-refractivity contribution in [2.24, 2.45) is 0 Å². The van der Waals surface area contributed by atoms with Crippen LogP contribution in [-0.2, 0) is 0 Å². The zero-order valence-corrected chi connectivity index (χ0v) is 17.0. The summed E-state index contributed by atoms with van der Waals surface area (Å²) in [5.41, 5.74) is 0.526. The van der Waals surface area contributed by atoms with E-state index in [2.05, 4.69) is 15.5 Å². The van der Waals surface area contributed by atoms with Crippen LogP contribution in [0.4, 0.5) is 14.9 Å². The fraction of sp³-hybridized carbons (Fsp3) is 0.381. The van der Waals surface area contributed by atoms with E-state index in [1.165, 1.54) is 19.2 Å². The Bertz CT molecular complexity index is 819. The van der Waals surface area contributed by atoms with Crippen LogP contribution in [0.5, 0.6) is 11.5 Å². The molecule has 1 aliphatic heterocycles. The van der Waals surface area contributed by atoms with Gasteiger partial charge in [-0.25, -0.2) is 9.18 Å². The highest BCUT2D eigenvalue weighted by atomic mass is 35.5. The number of ether oxygens (including phenoxy) is 2. The molecule has 2 aromatic rings. The van der Waals surface area contributed by atoms with Gasteiger partial charge < -0.3 is 20.1 Å². The summed E-state index contributed by atoms with van der Waals surface area (Å²) in [7, 11) is 1.54. The summed E-state index contributed by atoms with van der Waals surface area (Å²) < 4.78 is 24.1. The molecule has 0 saturated carbocycles. The van der Waals surface area contributed by atoms with Crippen molar-refractivity contribution < 1.29 is 18.7 Å². The van der Waals surface area contributed by atoms with Crippen LogP contribution >= 0.6 is 11.6 Å². The maximum Gasteiger partial charge on any atom is 0.319 e. The molecule has 1 atom stereocenters. The van der Waals surface area contributed by atoms with Gasteiger partial charge >= 0.3 is 6.03 Å². The van der Waals surface area contributed by atoms with E-state index in [1.54, 1.807) is 30.3 Å². The SMILES string of the molecule is COc1ccc(Cl)cc1NC(=O)NCCCN1CCC(Oc2ccc(F)cc2)C1. The van der Waals surface area contributed by atoms with Gasteiger partial charge in [-0.15, -0.1) is 0 Å². The Kier molecular flexibility index (Phi) is 7.55. The van der Waals surface area contributed by atoms with Crippen molar-refractivity contribution in [2.75, 3.05) is 38.6 Å². The molecule has 0 radical (unpaired) electrons. The predicted molar refractivity (Wildman–Crippen MR) is 112 cm³/mol. The lowest BCUT2D eigenvalue weighted by Gasteiger charge is -2.17. The molecular formula is C21H25ClFN3O3. The lowest BCUT2D eigenvalue weighted by atomic mass is 10.3. The van der Waals surface area contributed by atoms with Crippen LogP contribution in [-0.4, -0.2) is 50.3 Å². The molecule has 29 heavy (non-hydrogen) atoms. The summed E-state index contributed by atoms with van der Waals surface area (Å²) in [5.74, 6) is 0.970. The summed E-state index contributed by atoms with van der Waals surface area (Å²) in [4.78, 5) is 14.4. The van der Waals surface area contributed by atoms with Crippen LogP contribution in [0.25, 0.3) is 0 Å². The first-order valence-electron chi connectivity index (χ1n) is 9.56. The van der Waals surface area contributed by atoms with Crippen molar-refractivity contribution in [3.8, 4) is 11.5 Å². The van der Waals surface area contributed by atoms with Crippen LogP contribution in [0, 0.1) is 5.82 Å². The second-order valence-electron chi connectivity index (χ2n) is 6.86. The maximum absolute atomic E-state index is 13.0. The number of carbonyl (C=O) groups excluding carboxylic acids is 1. The first-order chi connectivity index (χ1) is 14.0. The van der Waals surface area contributed by atoms with Gasteiger partial charge in [0.2, 0.25) is 0 Å². The molecule has 1 unspecified atom stereocenters. The number of likely N-dealkylation sites (tertiary alicyclic amines) is 1. The summed E-state index contributed by atoms with van der Waals surface area (Å²) >= 11 is 5.97. The largest absolute Gasteiger partial charge is 0.495 e. The second kappa shape index (κ2) is 10.3. The van der Waals surface area contributed by atoms with E-state index >= 15 is 0 Å². The molecule has 2 amide bonds. The van der Waals surface area contributed by atoms with Gasteiger partial charge in [0.1, 0.15) is 23.4 Å². The van der Waals surface area contributed by atoms with Crippen molar-refractivity contribution >= 4 is 23.3 Å². The number of benzene rings is 2. The van der Waals surface area contributed by atoms with Crippen molar-refractivity contribution in [1.82, 2.24) is 10.2 Å². The van der Waals surface area contributed by atoms with Crippen LogP contribution in [0.2, 0.25) is 5.02 Å². The van der Waals surface area contributed by atoms with Gasteiger partial charge in [-0.2, -0.15) is 0 Å². The molecule has 0 bridgehead atoms. The predicted octanol–water partition coefficient (Wildman–Crippen LogP) is 4.15. The summed E-state index contributed by atoms with van der Waals surface area (Å²) in [6.07, 6.45) is 1.86. The highest BCUT2D eigenvalue weighted by Gasteiger charge is 2.23. The first kappa shape index (κ1) is 21.2. The van der Waals surface area contributed by atoms with E-state index in [0.29, 0.717) is 28.8 Å². The molecule has 1 fully saturated rings. The molecule has 0 aliphatic carbocycles. The molecular weight excluding hydrogens is 397 g/mol. The topological polar surface area (TPSA) is 62.8 Å². The number of anilines is 1. The Labute approximate surface area is 174 Å². The standard InChI is InChI=1S/C21H25ClFN3O3/c1-28-20-8-3-15(22)13-19(20)25-21(27)24-10-2-11-26-12-9-18(14-26)29-17-6-4-16(23)5-7-17/h3-8,13,18H,2,9-12,14H2,1H3,(H2,24,25,27). The number of urea groups is 1. The first-order valence-corrected chi connectivity index (χ1v) is 9.94. The number of amides is 2. The van der Waals surface area contributed by atoms with Crippen LogP contribution in [0.3, 0.4) is 0 Å². The zero-order chi connectivity index (χ0) is 20.6. The number of methoxy groups -OCH3 is 1. The minimum Gasteiger partial charge on any atom is -0.495 e. The second-order valence-corrected chi connectivity index (χ2v) is 7.30. The van der Waals surface area contributed by atoms with Crippen LogP contribution < -0.4 is 20.1 Å². The summed E-state index contributed by atoms with van der Waals surface area (Å²) in [6.45, 7) is 3.18. The quantitative estimate of drug-likeness (QED) is 0.628. The smallest absolute Gasteiger partial charge is 0.319 e. The van der Waals surface area contributed by atoms with Gasteiger partial charge in [-0.1, -0.05) is 11.6 Å². The Balaban J connectivity index is 1.34. The maximum atomic E-state index is 13.0. The molecule has 8 heteroatoms. The molecule has 0 spiro atoms. The average Bonchev–Trinajstić information content (AvgIpc) is 3.14. The van der Waals surface area contributed by atoms with Crippen molar-refractivity contribution in [3.63, 3.8) is 0 Å². The fourth-order valence-corrected chi connectivity index (χ4v) is 3.42. The third-order valence-corrected chi connectivity index (χ3v) is 4.93. The van der Waals surface area contributed by atoms with E-state index in [0.717, 1.165) is 32.5 Å². The lowest BCUT2D eigenvalue weighted by Crippen LogP contribution is -2.32. The Hall–Kier alpha value is -2.51. The van der Waals surface area contributed by atoms with Gasteiger partial charge in [0.15, 0.2) is 0 Å². The van der Waals surface area contributed by atoms with E-state index in [9.17, 15) is 9.18 Å². The van der Waals surface area contributed by atoms with Crippen molar-refractivity contribution in [2.45, 2.75) is 18.9 Å². The van der Waals surface area contributed by atoms with Gasteiger partial charge in [0.25, 0.3) is 0 Å². The molecule has 156 valence electrons. The molecule has 1 aliphatic rings. The Morgan fingerprint density at radius 1 is 1.28 bits per heavy atom. The molecule has 2 aromatic carbocycles. The third-order valence-electron chi connectivity index (χ3n) is 4.69. The zero-order valence-electron chi connectivity index (χ0n) is 16.3. The molecule has 1 heterocycles. The highest BCUT2D eigenvalue weighted by molar-refractivity contribution is 6.31. The number of hydrogen-bond donors (Lipinski definition) is 2. The minimum absolute atomic E-state index is 0.104. The fourth-order valence-electron chi connectivity index (χ4n) is 3.25. The van der Waals surface area contributed by atoms with Crippen molar-refractivity contribution in [1.29, 1.82) is 0 Å². The number of halogens is 2. The number of carbonyl (C=O) groups is 1. The molecule has 3 rings (SSSR count). The van der Waals surface area contributed by atoms with Gasteiger partial charge in [-0.3, -0.25) is 4.90 Å². The third kappa shape index (κ3) is 6.51. The molecule has 6 nitrogen and oxygen atoms in total. The minimum atomic E-state index is -0.301. The van der Waals surface area contributed by atoms with Gasteiger partial charge in [0, 0.05) is 24.7 Å². The summed E-state index contributed by atoms with van der Waals surface area (Å²) in [5, 5.41) is 6.11. The monoisotopic (exact) mass is 421 g/mol. The molecule has 0 aromatic heterocycles. The Morgan fingerprint density at radius 2 is 2.07 bits per heavy atom.